The van der Waals surface area contributed by atoms with Crippen LogP contribution in [0.3, 0.4) is 0 Å². The third-order valence-corrected chi connectivity index (χ3v) is 2.87. The first-order valence-corrected chi connectivity index (χ1v) is 5.67. The van der Waals surface area contributed by atoms with Crippen LogP contribution in [0.25, 0.3) is 10.9 Å². The highest BCUT2D eigenvalue weighted by atomic mass is 15.1. The molecule has 3 N–H and O–H groups in total. The molecule has 1 aromatic carbocycles. The van der Waals surface area contributed by atoms with E-state index in [4.69, 9.17) is 0 Å². The molecule has 0 fully saturated rings. The van der Waals surface area contributed by atoms with Crippen LogP contribution >= 0.6 is 0 Å². The van der Waals surface area contributed by atoms with Crippen LogP contribution in [0.15, 0.2) is 42.7 Å². The van der Waals surface area contributed by atoms with E-state index in [0.29, 0.717) is 0 Å². The Labute approximate surface area is 99.1 Å². The van der Waals surface area contributed by atoms with Crippen LogP contribution in [0.1, 0.15) is 11.3 Å². The van der Waals surface area contributed by atoms with Crippen molar-refractivity contribution >= 4 is 10.9 Å². The van der Waals surface area contributed by atoms with E-state index in [0.717, 1.165) is 18.8 Å². The standard InChI is InChI=1S/C13H14N4/c1-2-10(12-5-6-15-13(12)3-1)8-14-9-11-4-7-16-17-11/h1-7,14-15H,8-9H2,(H,16,17). The minimum atomic E-state index is 0.806. The zero-order chi connectivity index (χ0) is 11.5. The van der Waals surface area contributed by atoms with Gasteiger partial charge >= 0.3 is 0 Å². The summed E-state index contributed by atoms with van der Waals surface area (Å²) in [6, 6.07) is 10.4. The quantitative estimate of drug-likeness (QED) is 0.638. The lowest BCUT2D eigenvalue weighted by atomic mass is 10.1. The molecule has 2 aromatic heterocycles. The molecule has 0 aliphatic heterocycles. The number of hydrogen-bond acceptors (Lipinski definition) is 2. The van der Waals surface area contributed by atoms with Crippen LogP contribution in [0.4, 0.5) is 0 Å². The fraction of sp³-hybridized carbons (Fsp3) is 0.154. The van der Waals surface area contributed by atoms with Gasteiger partial charge in [0.25, 0.3) is 0 Å². The predicted molar refractivity (Wildman–Crippen MR) is 67.4 cm³/mol. The number of H-pyrrole nitrogens is 2. The van der Waals surface area contributed by atoms with Gasteiger partial charge in [0.15, 0.2) is 0 Å². The van der Waals surface area contributed by atoms with E-state index >= 15 is 0 Å². The number of rotatable bonds is 4. The van der Waals surface area contributed by atoms with Gasteiger partial charge in [0.1, 0.15) is 0 Å². The maximum absolute atomic E-state index is 3.92. The van der Waals surface area contributed by atoms with Crippen LogP contribution in [-0.2, 0) is 13.1 Å². The zero-order valence-corrected chi connectivity index (χ0v) is 9.40. The van der Waals surface area contributed by atoms with Crippen molar-refractivity contribution in [3.63, 3.8) is 0 Å². The molecule has 2 heterocycles. The Kier molecular flexibility index (Phi) is 2.63. The lowest BCUT2D eigenvalue weighted by Gasteiger charge is -2.05. The SMILES string of the molecule is c1cc(CNCc2ccn[nH]2)c2cc[nH]c2c1. The Morgan fingerprint density at radius 3 is 3.00 bits per heavy atom. The number of nitrogens with one attached hydrogen (secondary N) is 3. The predicted octanol–water partition coefficient (Wildman–Crippen LogP) is 2.18. The molecule has 0 aliphatic rings. The van der Waals surface area contributed by atoms with Crippen molar-refractivity contribution in [3.8, 4) is 0 Å². The number of fused-ring (bicyclic) bond motifs is 1. The van der Waals surface area contributed by atoms with Crippen molar-refractivity contribution in [2.45, 2.75) is 13.1 Å². The lowest BCUT2D eigenvalue weighted by Crippen LogP contribution is -2.13. The molecule has 0 atom stereocenters. The molecule has 0 saturated heterocycles. The van der Waals surface area contributed by atoms with E-state index in [-0.39, 0.29) is 0 Å². The van der Waals surface area contributed by atoms with E-state index in [1.165, 1.54) is 16.5 Å². The Bertz CT molecular complexity index is 595. The van der Waals surface area contributed by atoms with Gasteiger partial charge in [0.2, 0.25) is 0 Å². The molecule has 17 heavy (non-hydrogen) atoms. The van der Waals surface area contributed by atoms with E-state index in [2.05, 4.69) is 44.8 Å². The molecule has 0 saturated carbocycles. The van der Waals surface area contributed by atoms with E-state index in [1.54, 1.807) is 6.20 Å². The van der Waals surface area contributed by atoms with Gasteiger partial charge in [0, 0.05) is 42.1 Å². The molecule has 3 aromatic rings. The molecule has 3 rings (SSSR count). The van der Waals surface area contributed by atoms with Gasteiger partial charge in [-0.25, -0.2) is 0 Å². The highest BCUT2D eigenvalue weighted by Gasteiger charge is 2.01. The van der Waals surface area contributed by atoms with Crippen LogP contribution in [0.2, 0.25) is 0 Å². The van der Waals surface area contributed by atoms with Crippen LogP contribution in [-0.4, -0.2) is 15.2 Å². The van der Waals surface area contributed by atoms with Crippen LogP contribution in [0.5, 0.6) is 0 Å². The molecule has 4 nitrogen and oxygen atoms in total. The molecule has 4 heteroatoms. The highest BCUT2D eigenvalue weighted by molar-refractivity contribution is 5.82. The molecular weight excluding hydrogens is 212 g/mol. The Morgan fingerprint density at radius 2 is 2.12 bits per heavy atom. The molecule has 0 aliphatic carbocycles. The van der Waals surface area contributed by atoms with Crippen LogP contribution < -0.4 is 5.32 Å². The molecule has 0 radical (unpaired) electrons. The third-order valence-electron chi connectivity index (χ3n) is 2.87. The molecule has 0 spiro atoms. The molecule has 0 unspecified atom stereocenters. The molecule has 0 amide bonds. The summed E-state index contributed by atoms with van der Waals surface area (Å²) in [7, 11) is 0. The number of hydrogen-bond donors (Lipinski definition) is 3. The Balaban J connectivity index is 1.70. The van der Waals surface area contributed by atoms with Crippen molar-refractivity contribution in [2.75, 3.05) is 0 Å². The number of benzene rings is 1. The molecule has 86 valence electrons. The maximum atomic E-state index is 3.92. The van der Waals surface area contributed by atoms with E-state index in [9.17, 15) is 0 Å². The normalized spacial score (nSPS) is 11.1. The summed E-state index contributed by atoms with van der Waals surface area (Å²) in [5, 5.41) is 11.5. The second kappa shape index (κ2) is 4.43. The lowest BCUT2D eigenvalue weighted by molar-refractivity contribution is 0.680. The molecule has 0 bridgehead atoms. The van der Waals surface area contributed by atoms with Gasteiger partial charge < -0.3 is 10.3 Å². The largest absolute Gasteiger partial charge is 0.361 e. The van der Waals surface area contributed by atoms with Crippen molar-refractivity contribution in [3.05, 3.63) is 54.0 Å². The molecular formula is C13H14N4. The van der Waals surface area contributed by atoms with Gasteiger partial charge in [-0.2, -0.15) is 5.10 Å². The first-order chi connectivity index (χ1) is 8.43. The van der Waals surface area contributed by atoms with E-state index in [1.807, 2.05) is 12.3 Å². The monoisotopic (exact) mass is 226 g/mol. The van der Waals surface area contributed by atoms with Crippen molar-refractivity contribution in [2.24, 2.45) is 0 Å². The summed E-state index contributed by atoms with van der Waals surface area (Å²) in [5.41, 5.74) is 3.60. The maximum Gasteiger partial charge on any atom is 0.0490 e. The summed E-state index contributed by atoms with van der Waals surface area (Å²) >= 11 is 0. The second-order valence-electron chi connectivity index (χ2n) is 4.04. The summed E-state index contributed by atoms with van der Waals surface area (Å²) < 4.78 is 0. The summed E-state index contributed by atoms with van der Waals surface area (Å²) in [6.45, 7) is 1.66. The van der Waals surface area contributed by atoms with Crippen LogP contribution in [0, 0.1) is 0 Å². The topological polar surface area (TPSA) is 56.5 Å². The second-order valence-corrected chi connectivity index (χ2v) is 4.04. The van der Waals surface area contributed by atoms with Gasteiger partial charge in [-0.05, 0) is 23.8 Å². The van der Waals surface area contributed by atoms with Gasteiger partial charge in [-0.1, -0.05) is 12.1 Å². The first kappa shape index (κ1) is 10.1. The number of nitrogens with zero attached hydrogens (tertiary/aromatic N) is 1. The van der Waals surface area contributed by atoms with Gasteiger partial charge in [-0.3, -0.25) is 5.10 Å². The van der Waals surface area contributed by atoms with Crippen molar-refractivity contribution < 1.29 is 0 Å². The summed E-state index contributed by atoms with van der Waals surface area (Å²) in [5.74, 6) is 0. The average molecular weight is 226 g/mol. The minimum absolute atomic E-state index is 0.806. The van der Waals surface area contributed by atoms with Gasteiger partial charge in [-0.15, -0.1) is 0 Å². The van der Waals surface area contributed by atoms with Gasteiger partial charge in [0.05, 0.1) is 0 Å². The number of aromatic amines is 2. The van der Waals surface area contributed by atoms with Crippen molar-refractivity contribution in [1.82, 2.24) is 20.5 Å². The van der Waals surface area contributed by atoms with E-state index < -0.39 is 0 Å². The van der Waals surface area contributed by atoms with Crippen molar-refractivity contribution in [1.29, 1.82) is 0 Å². The smallest absolute Gasteiger partial charge is 0.0490 e. The third kappa shape index (κ3) is 2.07. The first-order valence-electron chi connectivity index (χ1n) is 5.67. The fourth-order valence-electron chi connectivity index (χ4n) is 2.02. The minimum Gasteiger partial charge on any atom is -0.361 e. The number of aromatic nitrogens is 3. The zero-order valence-electron chi connectivity index (χ0n) is 9.40. The average Bonchev–Trinajstić information content (AvgIpc) is 2.99. The highest BCUT2D eigenvalue weighted by Crippen LogP contribution is 2.16. The Morgan fingerprint density at radius 1 is 1.12 bits per heavy atom. The fourth-order valence-corrected chi connectivity index (χ4v) is 2.02. The summed E-state index contributed by atoms with van der Waals surface area (Å²) in [4.78, 5) is 3.22. The Hall–Kier alpha value is -2.07. The summed E-state index contributed by atoms with van der Waals surface area (Å²) in [6.07, 6.45) is 3.74.